The summed E-state index contributed by atoms with van der Waals surface area (Å²) in [4.78, 5) is 32.5. The van der Waals surface area contributed by atoms with Gasteiger partial charge in [-0.15, -0.1) is 0 Å². The van der Waals surface area contributed by atoms with Crippen LogP contribution < -0.4 is 0 Å². The number of hydrogen-bond donors (Lipinski definition) is 0. The summed E-state index contributed by atoms with van der Waals surface area (Å²) in [5.41, 5.74) is 0.567. The molecule has 7 nitrogen and oxygen atoms in total. The van der Waals surface area contributed by atoms with Crippen LogP contribution in [0.3, 0.4) is 0 Å². The molecule has 1 saturated carbocycles. The molecule has 0 N–H and O–H groups in total. The van der Waals surface area contributed by atoms with Gasteiger partial charge in [0, 0.05) is 23.3 Å². The first kappa shape index (κ1) is 21.0. The Hall–Kier alpha value is -2.28. The number of benzene rings is 1. The van der Waals surface area contributed by atoms with Gasteiger partial charge in [-0.05, 0) is 51.3 Å². The number of carbonyl (C=O) groups excluding carboxylic acids is 2. The molecule has 0 radical (unpaired) electrons. The predicted molar refractivity (Wildman–Crippen MR) is 112 cm³/mol. The number of halogens is 1. The van der Waals surface area contributed by atoms with Gasteiger partial charge in [0.05, 0.1) is 19.4 Å². The fraction of sp³-hybridized carbons (Fsp3) is 0.591. The smallest absolute Gasteiger partial charge is 0.411 e. The molecule has 1 spiro atoms. The van der Waals surface area contributed by atoms with E-state index in [1.807, 2.05) is 24.3 Å². The van der Waals surface area contributed by atoms with Crippen LogP contribution in [0.5, 0.6) is 0 Å². The minimum atomic E-state index is -0.759. The van der Waals surface area contributed by atoms with Crippen molar-refractivity contribution in [2.45, 2.75) is 69.1 Å². The van der Waals surface area contributed by atoms with Gasteiger partial charge in [-0.25, -0.2) is 9.59 Å². The van der Waals surface area contributed by atoms with Gasteiger partial charge in [0.25, 0.3) is 0 Å². The maximum atomic E-state index is 12.8. The Bertz CT molecular complexity index is 888. The second kappa shape index (κ2) is 7.15. The molecule has 1 unspecified atom stereocenters. The molecule has 4 rings (SSSR count). The Morgan fingerprint density at radius 2 is 1.90 bits per heavy atom. The molecule has 2 heterocycles. The molecule has 162 valence electrons. The first-order chi connectivity index (χ1) is 14.1. The molecule has 30 heavy (non-hydrogen) atoms. The number of amides is 1. The highest BCUT2D eigenvalue weighted by Crippen LogP contribution is 2.54. The summed E-state index contributed by atoms with van der Waals surface area (Å²) < 4.78 is 10.5. The quantitative estimate of drug-likeness (QED) is 0.670. The van der Waals surface area contributed by atoms with Crippen molar-refractivity contribution >= 4 is 29.4 Å². The highest BCUT2D eigenvalue weighted by Gasteiger charge is 2.60. The third-order valence-corrected chi connectivity index (χ3v) is 6.29. The topological polar surface area (TPSA) is 77.4 Å². The lowest BCUT2D eigenvalue weighted by Crippen LogP contribution is -2.44. The lowest BCUT2D eigenvalue weighted by atomic mass is 9.83. The van der Waals surface area contributed by atoms with E-state index in [0.717, 1.165) is 24.1 Å². The zero-order valence-corrected chi connectivity index (χ0v) is 18.5. The number of likely N-dealkylation sites (tertiary alicyclic amines) is 1. The van der Waals surface area contributed by atoms with Crippen LogP contribution in [0.4, 0.5) is 4.79 Å². The standard InChI is InChI=1S/C22H27ClN2O5/c1-20(2,3)29-19(27)25-13-21(11-16(25)18(26)28-4)12-17(24-30-21)22(9-10-22)14-5-7-15(23)8-6-14/h5-8,16H,9-13H2,1-4H3/t16-,21?/m0/s1. The average molecular weight is 435 g/mol. The predicted octanol–water partition coefficient (Wildman–Crippen LogP) is 4.07. The number of carbonyl (C=O) groups is 2. The van der Waals surface area contributed by atoms with E-state index in [1.54, 1.807) is 20.8 Å². The summed E-state index contributed by atoms with van der Waals surface area (Å²) >= 11 is 6.04. The number of esters is 1. The van der Waals surface area contributed by atoms with Crippen molar-refractivity contribution in [3.8, 4) is 0 Å². The van der Waals surface area contributed by atoms with Crippen molar-refractivity contribution < 1.29 is 23.9 Å². The number of rotatable bonds is 3. The van der Waals surface area contributed by atoms with Crippen LogP contribution in [0, 0.1) is 0 Å². The Labute approximate surface area is 181 Å². The van der Waals surface area contributed by atoms with Crippen molar-refractivity contribution in [1.29, 1.82) is 0 Å². The summed E-state index contributed by atoms with van der Waals surface area (Å²) in [5, 5.41) is 5.14. The SMILES string of the molecule is COC(=O)[C@@H]1CC2(CC(C3(c4ccc(Cl)cc4)CC3)=NO2)CN1C(=O)OC(C)(C)C. The summed E-state index contributed by atoms with van der Waals surface area (Å²) in [6, 6.07) is 7.07. The maximum Gasteiger partial charge on any atom is 0.411 e. The first-order valence-electron chi connectivity index (χ1n) is 10.2. The zero-order valence-electron chi connectivity index (χ0n) is 17.7. The Morgan fingerprint density at radius 3 is 2.47 bits per heavy atom. The summed E-state index contributed by atoms with van der Waals surface area (Å²) in [6.07, 6.45) is 2.31. The molecule has 2 fully saturated rings. The fourth-order valence-corrected chi connectivity index (χ4v) is 4.54. The third kappa shape index (κ3) is 3.75. The van der Waals surface area contributed by atoms with E-state index in [0.29, 0.717) is 17.9 Å². The lowest BCUT2D eigenvalue weighted by Gasteiger charge is -2.27. The molecule has 0 aromatic heterocycles. The molecule has 2 atom stereocenters. The number of ether oxygens (including phenoxy) is 2. The molecule has 0 bridgehead atoms. The van der Waals surface area contributed by atoms with Gasteiger partial charge in [0.1, 0.15) is 11.6 Å². The van der Waals surface area contributed by atoms with Gasteiger partial charge in [0.2, 0.25) is 0 Å². The monoisotopic (exact) mass is 434 g/mol. The van der Waals surface area contributed by atoms with Gasteiger partial charge >= 0.3 is 12.1 Å². The molecule has 3 aliphatic rings. The van der Waals surface area contributed by atoms with E-state index >= 15 is 0 Å². The minimum absolute atomic E-state index is 0.145. The lowest BCUT2D eigenvalue weighted by molar-refractivity contribution is -0.145. The molecular formula is C22H27ClN2O5. The Morgan fingerprint density at radius 1 is 1.23 bits per heavy atom. The summed E-state index contributed by atoms with van der Waals surface area (Å²) in [5.74, 6) is -0.478. The Balaban J connectivity index is 1.54. The molecule has 2 aliphatic heterocycles. The van der Waals surface area contributed by atoms with Crippen molar-refractivity contribution in [3.05, 3.63) is 34.9 Å². The molecule has 1 aromatic carbocycles. The summed E-state index contributed by atoms with van der Waals surface area (Å²) in [6.45, 7) is 5.60. The van der Waals surface area contributed by atoms with Crippen molar-refractivity contribution in [1.82, 2.24) is 4.90 Å². The van der Waals surface area contributed by atoms with Crippen LogP contribution in [0.2, 0.25) is 5.02 Å². The van der Waals surface area contributed by atoms with E-state index in [1.165, 1.54) is 12.0 Å². The first-order valence-corrected chi connectivity index (χ1v) is 10.5. The number of nitrogens with zero attached hydrogens (tertiary/aromatic N) is 2. The van der Waals surface area contributed by atoms with Gasteiger partial charge in [0.15, 0.2) is 5.60 Å². The molecule has 1 aromatic rings. The molecule has 1 amide bonds. The zero-order chi connectivity index (χ0) is 21.7. The van der Waals surface area contributed by atoms with E-state index in [2.05, 4.69) is 5.16 Å². The largest absolute Gasteiger partial charge is 0.467 e. The van der Waals surface area contributed by atoms with Crippen LogP contribution in [0.1, 0.15) is 52.0 Å². The normalized spacial score (nSPS) is 26.9. The van der Waals surface area contributed by atoms with E-state index < -0.39 is 29.3 Å². The van der Waals surface area contributed by atoms with Crippen molar-refractivity contribution in [3.63, 3.8) is 0 Å². The molecule has 1 aliphatic carbocycles. The highest BCUT2D eigenvalue weighted by molar-refractivity contribution is 6.30. The molecular weight excluding hydrogens is 408 g/mol. The van der Waals surface area contributed by atoms with Crippen LogP contribution in [-0.4, -0.2) is 53.6 Å². The van der Waals surface area contributed by atoms with Gasteiger partial charge in [-0.3, -0.25) is 4.90 Å². The van der Waals surface area contributed by atoms with Crippen molar-refractivity contribution in [2.24, 2.45) is 5.16 Å². The average Bonchev–Trinajstić information content (AvgIpc) is 3.25. The minimum Gasteiger partial charge on any atom is -0.467 e. The molecule has 8 heteroatoms. The molecule has 1 saturated heterocycles. The second-order valence-electron chi connectivity index (χ2n) is 9.43. The Kier molecular flexibility index (Phi) is 5.00. The van der Waals surface area contributed by atoms with Gasteiger partial charge in [-0.2, -0.15) is 0 Å². The van der Waals surface area contributed by atoms with Crippen LogP contribution >= 0.6 is 11.6 Å². The van der Waals surface area contributed by atoms with Crippen molar-refractivity contribution in [2.75, 3.05) is 13.7 Å². The number of methoxy groups -OCH3 is 1. The number of oxime groups is 1. The van der Waals surface area contributed by atoms with Gasteiger partial charge < -0.3 is 14.3 Å². The van der Waals surface area contributed by atoms with E-state index in [4.69, 9.17) is 25.9 Å². The van der Waals surface area contributed by atoms with E-state index in [9.17, 15) is 9.59 Å². The van der Waals surface area contributed by atoms with Crippen LogP contribution in [-0.2, 0) is 24.5 Å². The number of hydrogen-bond acceptors (Lipinski definition) is 6. The maximum absolute atomic E-state index is 12.8. The fourth-order valence-electron chi connectivity index (χ4n) is 4.42. The second-order valence-corrected chi connectivity index (χ2v) is 9.87. The van der Waals surface area contributed by atoms with Crippen LogP contribution in [0.25, 0.3) is 0 Å². The van der Waals surface area contributed by atoms with Crippen LogP contribution in [0.15, 0.2) is 29.4 Å². The van der Waals surface area contributed by atoms with E-state index in [-0.39, 0.29) is 12.0 Å². The van der Waals surface area contributed by atoms with Gasteiger partial charge in [-0.1, -0.05) is 28.9 Å². The highest BCUT2D eigenvalue weighted by atomic mass is 35.5. The summed E-state index contributed by atoms with van der Waals surface area (Å²) in [7, 11) is 1.32. The third-order valence-electron chi connectivity index (χ3n) is 6.04.